The molecule has 0 spiro atoms. The quantitative estimate of drug-likeness (QED) is 0.714. The van der Waals surface area contributed by atoms with Gasteiger partial charge in [-0.1, -0.05) is 6.92 Å². The summed E-state index contributed by atoms with van der Waals surface area (Å²) in [6, 6.07) is 0. The van der Waals surface area contributed by atoms with Gasteiger partial charge in [-0.25, -0.2) is 8.42 Å². The zero-order chi connectivity index (χ0) is 9.41. The minimum Gasteiger partial charge on any atom is -0.393 e. The Hall–Kier alpha value is 0.200. The summed E-state index contributed by atoms with van der Waals surface area (Å²) in [5.41, 5.74) is 0. The molecule has 0 amide bonds. The Balaban J connectivity index is 2.63. The molecular formula is C7H13ClO3S. The summed E-state index contributed by atoms with van der Waals surface area (Å²) < 4.78 is 21.2. The van der Waals surface area contributed by atoms with Crippen molar-refractivity contribution < 1.29 is 13.5 Å². The highest BCUT2D eigenvalue weighted by Gasteiger charge is 2.54. The van der Waals surface area contributed by atoms with Crippen molar-refractivity contribution in [2.45, 2.75) is 43.5 Å². The van der Waals surface area contributed by atoms with Gasteiger partial charge in [-0.2, -0.15) is 0 Å². The lowest BCUT2D eigenvalue weighted by atomic mass is 10.1. The number of aliphatic hydroxyl groups is 1. The Morgan fingerprint density at radius 1 is 1.58 bits per heavy atom. The molecule has 0 bridgehead atoms. The second-order valence-electron chi connectivity index (χ2n) is 3.39. The van der Waals surface area contributed by atoms with Crippen LogP contribution < -0.4 is 0 Å². The van der Waals surface area contributed by atoms with Crippen LogP contribution in [0.25, 0.3) is 0 Å². The van der Waals surface area contributed by atoms with E-state index in [-0.39, 0.29) is 6.42 Å². The number of aliphatic hydroxyl groups excluding tert-OH is 1. The molecule has 12 heavy (non-hydrogen) atoms. The third-order valence-corrected chi connectivity index (χ3v) is 5.00. The van der Waals surface area contributed by atoms with E-state index in [1.165, 1.54) is 0 Å². The minimum absolute atomic E-state index is 0.287. The van der Waals surface area contributed by atoms with Gasteiger partial charge in [-0.15, -0.1) is 0 Å². The minimum atomic E-state index is -3.48. The van der Waals surface area contributed by atoms with Crippen molar-refractivity contribution in [3.8, 4) is 0 Å². The van der Waals surface area contributed by atoms with Crippen LogP contribution in [0.1, 0.15) is 32.6 Å². The second-order valence-corrected chi connectivity index (χ2v) is 6.35. The molecule has 1 atom stereocenters. The summed E-state index contributed by atoms with van der Waals surface area (Å²) in [5.74, 6) is 0. The molecule has 0 saturated heterocycles. The van der Waals surface area contributed by atoms with E-state index < -0.39 is 19.9 Å². The van der Waals surface area contributed by atoms with Crippen molar-refractivity contribution in [1.29, 1.82) is 0 Å². The zero-order valence-corrected chi connectivity index (χ0v) is 8.53. The van der Waals surface area contributed by atoms with E-state index in [4.69, 9.17) is 10.7 Å². The van der Waals surface area contributed by atoms with Crippen LogP contribution in [-0.4, -0.2) is 24.4 Å². The summed E-state index contributed by atoms with van der Waals surface area (Å²) in [4.78, 5) is 0. The lowest BCUT2D eigenvalue weighted by Crippen LogP contribution is -2.24. The van der Waals surface area contributed by atoms with Crippen LogP contribution in [0.15, 0.2) is 0 Å². The molecule has 72 valence electrons. The summed E-state index contributed by atoms with van der Waals surface area (Å²) in [6.45, 7) is 1.82. The zero-order valence-electron chi connectivity index (χ0n) is 6.96. The molecule has 5 heteroatoms. The van der Waals surface area contributed by atoms with Crippen molar-refractivity contribution in [3.05, 3.63) is 0 Å². The first-order valence-corrected chi connectivity index (χ1v) is 6.34. The Labute approximate surface area is 77.1 Å². The molecule has 0 heterocycles. The highest BCUT2D eigenvalue weighted by molar-refractivity contribution is 8.15. The van der Waals surface area contributed by atoms with Crippen molar-refractivity contribution in [2.24, 2.45) is 0 Å². The van der Waals surface area contributed by atoms with Crippen LogP contribution in [0.2, 0.25) is 0 Å². The predicted octanol–water partition coefficient (Wildman–Crippen LogP) is 1.25. The van der Waals surface area contributed by atoms with E-state index in [9.17, 15) is 13.5 Å². The lowest BCUT2D eigenvalue weighted by molar-refractivity contribution is 0.156. The van der Waals surface area contributed by atoms with Crippen molar-refractivity contribution in [2.75, 3.05) is 0 Å². The molecule has 1 aliphatic carbocycles. The molecule has 0 aromatic rings. The molecule has 1 saturated carbocycles. The van der Waals surface area contributed by atoms with E-state index in [0.29, 0.717) is 19.3 Å². The highest BCUT2D eigenvalue weighted by Crippen LogP contribution is 2.49. The molecule has 0 aromatic heterocycles. The molecule has 1 aliphatic rings. The molecule has 1 rings (SSSR count). The maximum atomic E-state index is 11.0. The smallest absolute Gasteiger partial charge is 0.238 e. The summed E-state index contributed by atoms with van der Waals surface area (Å²) >= 11 is 0. The molecular weight excluding hydrogens is 200 g/mol. The van der Waals surface area contributed by atoms with Crippen LogP contribution in [0.4, 0.5) is 0 Å². The van der Waals surface area contributed by atoms with Crippen LogP contribution in [-0.2, 0) is 9.05 Å². The van der Waals surface area contributed by atoms with Gasteiger partial charge >= 0.3 is 0 Å². The summed E-state index contributed by atoms with van der Waals surface area (Å²) in [5, 5.41) is 9.27. The fourth-order valence-corrected chi connectivity index (χ4v) is 2.89. The fourth-order valence-electron chi connectivity index (χ4n) is 1.26. The molecule has 3 nitrogen and oxygen atoms in total. The van der Waals surface area contributed by atoms with Gasteiger partial charge in [0.05, 0.1) is 10.9 Å². The molecule has 1 N–H and O–H groups in total. The van der Waals surface area contributed by atoms with E-state index in [2.05, 4.69) is 0 Å². The van der Waals surface area contributed by atoms with Gasteiger partial charge < -0.3 is 5.11 Å². The van der Waals surface area contributed by atoms with E-state index in [1.54, 1.807) is 0 Å². The van der Waals surface area contributed by atoms with Crippen LogP contribution >= 0.6 is 10.7 Å². The van der Waals surface area contributed by atoms with Crippen molar-refractivity contribution in [1.82, 2.24) is 0 Å². The first-order chi connectivity index (χ1) is 5.41. The molecule has 1 fully saturated rings. The molecule has 0 aliphatic heterocycles. The Morgan fingerprint density at radius 2 is 2.08 bits per heavy atom. The normalized spacial score (nSPS) is 23.6. The van der Waals surface area contributed by atoms with Gasteiger partial charge in [-0.3, -0.25) is 0 Å². The van der Waals surface area contributed by atoms with E-state index >= 15 is 0 Å². The number of halogens is 1. The maximum absolute atomic E-state index is 11.0. The molecule has 0 radical (unpaired) electrons. The van der Waals surface area contributed by atoms with Crippen molar-refractivity contribution in [3.63, 3.8) is 0 Å². The van der Waals surface area contributed by atoms with E-state index in [1.807, 2.05) is 6.92 Å². The van der Waals surface area contributed by atoms with Crippen LogP contribution in [0.5, 0.6) is 0 Å². The van der Waals surface area contributed by atoms with Crippen LogP contribution in [0.3, 0.4) is 0 Å². The van der Waals surface area contributed by atoms with Gasteiger partial charge in [-0.05, 0) is 25.7 Å². The molecule has 0 aromatic carbocycles. The van der Waals surface area contributed by atoms with Crippen LogP contribution in [0, 0.1) is 0 Å². The molecule has 1 unspecified atom stereocenters. The Kier molecular flexibility index (Phi) is 2.71. The van der Waals surface area contributed by atoms with Gasteiger partial charge in [0.25, 0.3) is 0 Å². The van der Waals surface area contributed by atoms with Gasteiger partial charge in [0.1, 0.15) is 0 Å². The third-order valence-electron chi connectivity index (χ3n) is 2.40. The van der Waals surface area contributed by atoms with E-state index in [0.717, 1.165) is 0 Å². The first-order valence-electron chi connectivity index (χ1n) is 4.03. The Bertz CT molecular complexity index is 256. The largest absolute Gasteiger partial charge is 0.393 e. The fraction of sp³-hybridized carbons (Fsp3) is 1.00. The standard InChI is InChI=1S/C7H13ClO3S/c1-2-6(9)5-7(3-4-7)12(8,10)11/h6,9H,2-5H2,1H3. The summed E-state index contributed by atoms with van der Waals surface area (Å²) in [7, 11) is 1.77. The van der Waals surface area contributed by atoms with Gasteiger partial charge in [0.2, 0.25) is 9.05 Å². The first kappa shape index (κ1) is 10.3. The highest BCUT2D eigenvalue weighted by atomic mass is 35.7. The monoisotopic (exact) mass is 212 g/mol. The lowest BCUT2D eigenvalue weighted by Gasteiger charge is -2.14. The summed E-state index contributed by atoms with van der Waals surface area (Å²) in [6.07, 6.45) is 1.51. The number of hydrogen-bond acceptors (Lipinski definition) is 3. The topological polar surface area (TPSA) is 54.4 Å². The predicted molar refractivity (Wildman–Crippen MR) is 47.7 cm³/mol. The average molecular weight is 213 g/mol. The average Bonchev–Trinajstić information content (AvgIpc) is 2.67. The van der Waals surface area contributed by atoms with Gasteiger partial charge in [0, 0.05) is 10.7 Å². The number of hydrogen-bond donors (Lipinski definition) is 1. The number of rotatable bonds is 4. The SMILES string of the molecule is CCC(O)CC1(S(=O)(=O)Cl)CC1. The van der Waals surface area contributed by atoms with Gasteiger partial charge in [0.15, 0.2) is 0 Å². The van der Waals surface area contributed by atoms with Crippen molar-refractivity contribution >= 4 is 19.7 Å². The third kappa shape index (κ3) is 1.92. The Morgan fingerprint density at radius 3 is 2.33 bits per heavy atom. The maximum Gasteiger partial charge on any atom is 0.238 e. The second kappa shape index (κ2) is 3.16.